The van der Waals surface area contributed by atoms with E-state index in [1.165, 1.54) is 13.2 Å². The fraction of sp³-hybridized carbons (Fsp3) is 0.188. The van der Waals surface area contributed by atoms with Crippen LogP contribution in [-0.4, -0.2) is 13.0 Å². The minimum atomic E-state index is -0.453. The minimum absolute atomic E-state index is 0.337. The molecular weight excluding hydrogens is 271 g/mol. The van der Waals surface area contributed by atoms with E-state index in [0.717, 1.165) is 0 Å². The Balaban J connectivity index is 2.18. The molecule has 110 valence electrons. The van der Waals surface area contributed by atoms with Gasteiger partial charge in [-0.25, -0.2) is 4.39 Å². The largest absolute Gasteiger partial charge is 0.497 e. The molecule has 0 saturated heterocycles. The minimum Gasteiger partial charge on any atom is -0.497 e. The van der Waals surface area contributed by atoms with Crippen LogP contribution in [0.3, 0.4) is 0 Å². The molecule has 0 aliphatic carbocycles. The number of hydrogen-bond donors (Lipinski definition) is 2. The third-order valence-corrected chi connectivity index (χ3v) is 3.15. The van der Waals surface area contributed by atoms with Crippen LogP contribution in [0.4, 0.5) is 10.1 Å². The predicted octanol–water partition coefficient (Wildman–Crippen LogP) is 2.91. The Hall–Kier alpha value is -2.56. The zero-order valence-corrected chi connectivity index (χ0v) is 11.9. The predicted molar refractivity (Wildman–Crippen MR) is 79.7 cm³/mol. The highest BCUT2D eigenvalue weighted by molar-refractivity contribution is 5.95. The molecule has 0 fully saturated rings. The number of rotatable bonds is 4. The van der Waals surface area contributed by atoms with Gasteiger partial charge in [-0.05, 0) is 25.1 Å². The summed E-state index contributed by atoms with van der Waals surface area (Å²) in [4.78, 5) is 12.2. The SMILES string of the molecule is COc1cc(N)cc(C(=O)NC(C)c2ccccc2F)c1. The third kappa shape index (κ3) is 3.51. The normalized spacial score (nSPS) is 11.8. The lowest BCUT2D eigenvalue weighted by atomic mass is 10.1. The molecule has 0 spiro atoms. The molecule has 1 amide bonds. The Morgan fingerprint density at radius 1 is 1.29 bits per heavy atom. The molecule has 0 aliphatic heterocycles. The van der Waals surface area contributed by atoms with Gasteiger partial charge in [-0.3, -0.25) is 4.79 Å². The number of nitrogens with one attached hydrogen (secondary N) is 1. The number of benzene rings is 2. The van der Waals surface area contributed by atoms with Gasteiger partial charge >= 0.3 is 0 Å². The number of nitrogen functional groups attached to an aromatic ring is 1. The molecule has 0 heterocycles. The third-order valence-electron chi connectivity index (χ3n) is 3.15. The standard InChI is InChI=1S/C16H17FN2O2/c1-10(14-5-3-4-6-15(14)17)19-16(20)11-7-12(18)9-13(8-11)21-2/h3-10H,18H2,1-2H3,(H,19,20). The van der Waals surface area contributed by atoms with Gasteiger partial charge in [-0.1, -0.05) is 18.2 Å². The highest BCUT2D eigenvalue weighted by Gasteiger charge is 2.15. The van der Waals surface area contributed by atoms with E-state index in [4.69, 9.17) is 10.5 Å². The molecule has 0 aliphatic rings. The summed E-state index contributed by atoms with van der Waals surface area (Å²) in [6.45, 7) is 1.72. The summed E-state index contributed by atoms with van der Waals surface area (Å²) in [5, 5.41) is 2.74. The van der Waals surface area contributed by atoms with E-state index < -0.39 is 6.04 Å². The zero-order chi connectivity index (χ0) is 15.4. The van der Waals surface area contributed by atoms with Gasteiger partial charge in [0.2, 0.25) is 0 Å². The van der Waals surface area contributed by atoms with E-state index in [1.807, 2.05) is 0 Å². The van der Waals surface area contributed by atoms with Crippen molar-refractivity contribution in [3.8, 4) is 5.75 Å². The fourth-order valence-corrected chi connectivity index (χ4v) is 2.06. The van der Waals surface area contributed by atoms with Crippen molar-refractivity contribution in [3.05, 3.63) is 59.4 Å². The Morgan fingerprint density at radius 2 is 2.00 bits per heavy atom. The van der Waals surface area contributed by atoms with E-state index in [0.29, 0.717) is 22.6 Å². The molecule has 21 heavy (non-hydrogen) atoms. The first-order chi connectivity index (χ1) is 10.0. The van der Waals surface area contributed by atoms with Gasteiger partial charge in [0.1, 0.15) is 11.6 Å². The number of carbonyl (C=O) groups excluding carboxylic acids is 1. The van der Waals surface area contributed by atoms with E-state index in [9.17, 15) is 9.18 Å². The lowest BCUT2D eigenvalue weighted by Crippen LogP contribution is -2.27. The molecule has 5 heteroatoms. The summed E-state index contributed by atoms with van der Waals surface area (Å²) in [5.41, 5.74) is 6.95. The number of ether oxygens (including phenoxy) is 1. The number of amides is 1. The van der Waals surface area contributed by atoms with Crippen molar-refractivity contribution in [2.24, 2.45) is 0 Å². The van der Waals surface area contributed by atoms with Crippen LogP contribution in [0.5, 0.6) is 5.75 Å². The van der Waals surface area contributed by atoms with Gasteiger partial charge in [-0.2, -0.15) is 0 Å². The molecule has 3 N–H and O–H groups in total. The van der Waals surface area contributed by atoms with Crippen molar-refractivity contribution in [1.29, 1.82) is 0 Å². The first kappa shape index (κ1) is 14.8. The summed E-state index contributed by atoms with van der Waals surface area (Å²) in [6, 6.07) is 10.6. The quantitative estimate of drug-likeness (QED) is 0.850. The molecule has 1 atom stereocenters. The second-order valence-corrected chi connectivity index (χ2v) is 4.71. The molecule has 0 saturated carbocycles. The maximum absolute atomic E-state index is 13.7. The molecule has 0 radical (unpaired) electrons. The van der Waals surface area contributed by atoms with Gasteiger partial charge in [0, 0.05) is 22.9 Å². The number of anilines is 1. The molecule has 1 unspecified atom stereocenters. The van der Waals surface area contributed by atoms with Crippen LogP contribution < -0.4 is 15.8 Å². The Bertz CT molecular complexity index is 658. The van der Waals surface area contributed by atoms with Crippen molar-refractivity contribution < 1.29 is 13.9 Å². The van der Waals surface area contributed by atoms with E-state index >= 15 is 0 Å². The topological polar surface area (TPSA) is 64.3 Å². The summed E-state index contributed by atoms with van der Waals surface area (Å²) in [5.74, 6) is -0.189. The molecule has 2 aromatic carbocycles. The van der Waals surface area contributed by atoms with Gasteiger partial charge in [0.15, 0.2) is 0 Å². The van der Waals surface area contributed by atoms with Crippen LogP contribution in [0.1, 0.15) is 28.9 Å². The number of halogens is 1. The average molecular weight is 288 g/mol. The first-order valence-electron chi connectivity index (χ1n) is 6.51. The molecule has 2 rings (SSSR count). The smallest absolute Gasteiger partial charge is 0.251 e. The average Bonchev–Trinajstić information content (AvgIpc) is 2.46. The summed E-state index contributed by atoms with van der Waals surface area (Å²) < 4.78 is 18.8. The summed E-state index contributed by atoms with van der Waals surface area (Å²) in [7, 11) is 1.50. The van der Waals surface area contributed by atoms with Crippen molar-refractivity contribution in [3.63, 3.8) is 0 Å². The van der Waals surface area contributed by atoms with Gasteiger partial charge in [-0.15, -0.1) is 0 Å². The van der Waals surface area contributed by atoms with Crippen LogP contribution in [0.15, 0.2) is 42.5 Å². The molecule has 4 nitrogen and oxygen atoms in total. The monoisotopic (exact) mass is 288 g/mol. The molecular formula is C16H17FN2O2. The number of methoxy groups -OCH3 is 1. The highest BCUT2D eigenvalue weighted by atomic mass is 19.1. The van der Waals surface area contributed by atoms with E-state index in [2.05, 4.69) is 5.32 Å². The van der Waals surface area contributed by atoms with Crippen LogP contribution >= 0.6 is 0 Å². The van der Waals surface area contributed by atoms with E-state index in [-0.39, 0.29) is 11.7 Å². The maximum Gasteiger partial charge on any atom is 0.251 e. The van der Waals surface area contributed by atoms with Crippen LogP contribution in [-0.2, 0) is 0 Å². The number of hydrogen-bond acceptors (Lipinski definition) is 3. The first-order valence-corrected chi connectivity index (χ1v) is 6.51. The number of carbonyl (C=O) groups is 1. The molecule has 0 aromatic heterocycles. The number of nitrogens with two attached hydrogens (primary N) is 1. The molecule has 2 aromatic rings. The van der Waals surface area contributed by atoms with Crippen molar-refractivity contribution >= 4 is 11.6 Å². The van der Waals surface area contributed by atoms with Gasteiger partial charge < -0.3 is 15.8 Å². The summed E-state index contributed by atoms with van der Waals surface area (Å²) >= 11 is 0. The van der Waals surface area contributed by atoms with Gasteiger partial charge in [0.05, 0.1) is 13.2 Å². The van der Waals surface area contributed by atoms with Crippen molar-refractivity contribution in [1.82, 2.24) is 5.32 Å². The second kappa shape index (κ2) is 6.26. The van der Waals surface area contributed by atoms with Crippen molar-refractivity contribution in [2.75, 3.05) is 12.8 Å². The Kier molecular flexibility index (Phi) is 4.42. The Morgan fingerprint density at radius 3 is 2.67 bits per heavy atom. The maximum atomic E-state index is 13.7. The van der Waals surface area contributed by atoms with Crippen LogP contribution in [0, 0.1) is 5.82 Å². The van der Waals surface area contributed by atoms with Crippen LogP contribution in [0.25, 0.3) is 0 Å². The Labute approximate surface area is 122 Å². The second-order valence-electron chi connectivity index (χ2n) is 4.71. The highest BCUT2D eigenvalue weighted by Crippen LogP contribution is 2.20. The fourth-order valence-electron chi connectivity index (χ4n) is 2.06. The van der Waals surface area contributed by atoms with Crippen molar-refractivity contribution in [2.45, 2.75) is 13.0 Å². The van der Waals surface area contributed by atoms with Crippen LogP contribution in [0.2, 0.25) is 0 Å². The van der Waals surface area contributed by atoms with Gasteiger partial charge in [0.25, 0.3) is 5.91 Å². The lowest BCUT2D eigenvalue weighted by molar-refractivity contribution is 0.0939. The lowest BCUT2D eigenvalue weighted by Gasteiger charge is -2.15. The van der Waals surface area contributed by atoms with E-state index in [1.54, 1.807) is 43.3 Å². The molecule has 0 bridgehead atoms. The summed E-state index contributed by atoms with van der Waals surface area (Å²) in [6.07, 6.45) is 0. The zero-order valence-electron chi connectivity index (χ0n) is 11.9.